The van der Waals surface area contributed by atoms with Crippen LogP contribution in [0.3, 0.4) is 0 Å². The molecular weight excluding hydrogens is 392 g/mol. The number of fused-ring (bicyclic) bond motifs is 2. The maximum absolute atomic E-state index is 15.1. The molecule has 0 saturated heterocycles. The number of hydrogen-bond acceptors (Lipinski definition) is 4. The molecule has 0 amide bonds. The Morgan fingerprint density at radius 1 is 1.03 bits per heavy atom. The summed E-state index contributed by atoms with van der Waals surface area (Å²) in [7, 11) is 0. The zero-order valence-electron chi connectivity index (χ0n) is 16.0. The Morgan fingerprint density at radius 2 is 1.73 bits per heavy atom. The number of aromatic nitrogens is 2. The molecule has 1 aliphatic carbocycles. The van der Waals surface area contributed by atoms with Gasteiger partial charge in [-0.1, -0.05) is 0 Å². The van der Waals surface area contributed by atoms with E-state index in [-0.39, 0.29) is 28.4 Å². The number of benzene rings is 2. The van der Waals surface area contributed by atoms with Crippen LogP contribution >= 0.6 is 0 Å². The second kappa shape index (κ2) is 6.91. The standard InChI is InChI=1S/C22H19F2N3O3/c23-12-3-7-14(8-4-12)27-18-10-15(11-1-5-13(25)6-2-11)17(24)9-16(18)20(28)19-21(29)26-30-22(19)27/h3-4,7-11,13H,1-2,5-6,25H2,(H,26,29). The van der Waals surface area contributed by atoms with Crippen LogP contribution in [0.5, 0.6) is 0 Å². The second-order valence-corrected chi connectivity index (χ2v) is 7.86. The fourth-order valence-electron chi connectivity index (χ4n) is 4.43. The van der Waals surface area contributed by atoms with Crippen molar-refractivity contribution < 1.29 is 13.3 Å². The van der Waals surface area contributed by atoms with Crippen molar-refractivity contribution >= 4 is 22.0 Å². The highest BCUT2D eigenvalue weighted by molar-refractivity contribution is 5.93. The van der Waals surface area contributed by atoms with Crippen LogP contribution in [0.25, 0.3) is 27.7 Å². The van der Waals surface area contributed by atoms with E-state index in [2.05, 4.69) is 5.16 Å². The molecule has 1 fully saturated rings. The maximum atomic E-state index is 15.1. The summed E-state index contributed by atoms with van der Waals surface area (Å²) in [5, 5.41) is 2.03. The van der Waals surface area contributed by atoms with Gasteiger partial charge in [0, 0.05) is 11.7 Å². The molecule has 0 aliphatic heterocycles. The van der Waals surface area contributed by atoms with Gasteiger partial charge in [-0.2, -0.15) is 5.16 Å². The van der Waals surface area contributed by atoms with E-state index in [4.69, 9.17) is 10.3 Å². The number of rotatable bonds is 2. The van der Waals surface area contributed by atoms with Gasteiger partial charge in [0.1, 0.15) is 11.6 Å². The van der Waals surface area contributed by atoms with E-state index >= 15 is 4.39 Å². The zero-order valence-corrected chi connectivity index (χ0v) is 16.0. The number of nitrogens with two attached hydrogens (primary N) is 1. The molecule has 1 saturated carbocycles. The van der Waals surface area contributed by atoms with Crippen LogP contribution in [0.2, 0.25) is 0 Å². The van der Waals surface area contributed by atoms with Gasteiger partial charge in [-0.25, -0.2) is 8.78 Å². The molecule has 2 aromatic heterocycles. The molecule has 0 spiro atoms. The Balaban J connectivity index is 1.85. The van der Waals surface area contributed by atoms with Crippen molar-refractivity contribution in [1.82, 2.24) is 9.72 Å². The van der Waals surface area contributed by atoms with Crippen LogP contribution in [0.15, 0.2) is 50.5 Å². The van der Waals surface area contributed by atoms with Gasteiger partial charge in [-0.05, 0) is 73.6 Å². The third-order valence-corrected chi connectivity index (χ3v) is 6.01. The summed E-state index contributed by atoms with van der Waals surface area (Å²) in [5.74, 6) is -0.925. The van der Waals surface area contributed by atoms with Crippen LogP contribution in [0, 0.1) is 11.6 Å². The topological polar surface area (TPSA) is 94.0 Å². The molecule has 30 heavy (non-hydrogen) atoms. The largest absolute Gasteiger partial charge is 0.359 e. The SMILES string of the molecule is NC1CCC(c2cc3c(cc2F)c(=O)c2c(=O)[nH]oc2n3-c2ccc(F)cc2)CC1. The Labute approximate surface area is 168 Å². The van der Waals surface area contributed by atoms with E-state index < -0.39 is 22.6 Å². The van der Waals surface area contributed by atoms with Crippen molar-refractivity contribution in [2.24, 2.45) is 5.73 Å². The molecule has 2 aromatic carbocycles. The van der Waals surface area contributed by atoms with Crippen molar-refractivity contribution in [2.45, 2.75) is 37.6 Å². The maximum Gasteiger partial charge on any atom is 0.293 e. The van der Waals surface area contributed by atoms with Gasteiger partial charge in [0.2, 0.25) is 11.1 Å². The highest BCUT2D eigenvalue weighted by atomic mass is 19.1. The summed E-state index contributed by atoms with van der Waals surface area (Å²) in [6.45, 7) is 0. The van der Waals surface area contributed by atoms with Gasteiger partial charge >= 0.3 is 0 Å². The number of pyridine rings is 1. The van der Waals surface area contributed by atoms with Gasteiger partial charge in [0.15, 0.2) is 5.39 Å². The van der Waals surface area contributed by atoms with Crippen molar-refractivity contribution in [3.63, 3.8) is 0 Å². The Kier molecular flexibility index (Phi) is 4.32. The highest BCUT2D eigenvalue weighted by Gasteiger charge is 2.25. The molecular formula is C22H19F2N3O3. The molecule has 8 heteroatoms. The molecule has 2 heterocycles. The third kappa shape index (κ3) is 2.87. The molecule has 0 atom stereocenters. The average Bonchev–Trinajstić information content (AvgIpc) is 3.12. The van der Waals surface area contributed by atoms with Gasteiger partial charge < -0.3 is 10.3 Å². The van der Waals surface area contributed by atoms with Crippen molar-refractivity contribution in [1.29, 1.82) is 0 Å². The molecule has 0 unspecified atom stereocenters. The quantitative estimate of drug-likeness (QED) is 0.526. The number of halogens is 2. The van der Waals surface area contributed by atoms with Gasteiger partial charge in [-0.15, -0.1) is 0 Å². The Bertz CT molecular complexity index is 1380. The number of nitrogens with zero attached hydrogens (tertiary/aromatic N) is 1. The van der Waals surface area contributed by atoms with Crippen molar-refractivity contribution in [2.75, 3.05) is 0 Å². The second-order valence-electron chi connectivity index (χ2n) is 7.86. The summed E-state index contributed by atoms with van der Waals surface area (Å²) in [6, 6.07) is 8.50. The lowest BCUT2D eigenvalue weighted by molar-refractivity contribution is 0.387. The molecule has 0 bridgehead atoms. The lowest BCUT2D eigenvalue weighted by Crippen LogP contribution is -2.26. The number of aromatic amines is 1. The van der Waals surface area contributed by atoms with E-state index in [9.17, 15) is 14.0 Å². The van der Waals surface area contributed by atoms with E-state index in [0.717, 1.165) is 25.7 Å². The van der Waals surface area contributed by atoms with E-state index in [0.29, 0.717) is 16.8 Å². The van der Waals surface area contributed by atoms with Crippen LogP contribution in [0.4, 0.5) is 8.78 Å². The van der Waals surface area contributed by atoms with Crippen molar-refractivity contribution in [3.05, 3.63) is 74.2 Å². The van der Waals surface area contributed by atoms with Crippen molar-refractivity contribution in [3.8, 4) is 5.69 Å². The lowest BCUT2D eigenvalue weighted by atomic mass is 9.81. The fraction of sp³-hybridized carbons (Fsp3) is 0.273. The molecule has 4 aromatic rings. The van der Waals surface area contributed by atoms with Crippen LogP contribution in [-0.2, 0) is 0 Å². The summed E-state index contributed by atoms with van der Waals surface area (Å²) in [6.07, 6.45) is 3.12. The number of hydrogen-bond donors (Lipinski definition) is 2. The molecule has 5 rings (SSSR count). The summed E-state index contributed by atoms with van der Waals surface area (Å²) in [4.78, 5) is 25.1. The van der Waals surface area contributed by atoms with E-state index in [1.54, 1.807) is 10.6 Å². The Morgan fingerprint density at radius 3 is 2.43 bits per heavy atom. The normalized spacial score (nSPS) is 19.6. The molecule has 0 radical (unpaired) electrons. The smallest absolute Gasteiger partial charge is 0.293 e. The third-order valence-electron chi connectivity index (χ3n) is 6.01. The van der Waals surface area contributed by atoms with Gasteiger partial charge in [0.25, 0.3) is 5.56 Å². The minimum Gasteiger partial charge on any atom is -0.359 e. The zero-order chi connectivity index (χ0) is 21.0. The summed E-state index contributed by atoms with van der Waals surface area (Å²) in [5.41, 5.74) is 6.07. The number of H-pyrrole nitrogens is 1. The van der Waals surface area contributed by atoms with E-state index in [1.165, 1.54) is 30.3 Å². The summed E-state index contributed by atoms with van der Waals surface area (Å²) < 4.78 is 35.4. The number of nitrogens with one attached hydrogen (secondary N) is 1. The fourth-order valence-corrected chi connectivity index (χ4v) is 4.43. The van der Waals surface area contributed by atoms with Gasteiger partial charge in [0.05, 0.1) is 10.9 Å². The minimum absolute atomic E-state index is 0.00679. The molecule has 6 nitrogen and oxygen atoms in total. The first-order valence-corrected chi connectivity index (χ1v) is 9.85. The molecule has 1 aliphatic rings. The van der Waals surface area contributed by atoms with Crippen LogP contribution < -0.4 is 16.7 Å². The van der Waals surface area contributed by atoms with Crippen LogP contribution in [0.1, 0.15) is 37.2 Å². The predicted molar refractivity (Wildman–Crippen MR) is 109 cm³/mol. The monoisotopic (exact) mass is 411 g/mol. The van der Waals surface area contributed by atoms with Gasteiger partial charge in [-0.3, -0.25) is 14.2 Å². The predicted octanol–water partition coefficient (Wildman–Crippen LogP) is 3.69. The lowest BCUT2D eigenvalue weighted by Gasteiger charge is -2.27. The van der Waals surface area contributed by atoms with Crippen LogP contribution in [-0.4, -0.2) is 15.8 Å². The first-order chi connectivity index (χ1) is 14.4. The average molecular weight is 411 g/mol. The van der Waals surface area contributed by atoms with E-state index in [1.807, 2.05) is 0 Å². The molecule has 154 valence electrons. The molecule has 3 N–H and O–H groups in total. The Hall–Kier alpha value is -3.26. The summed E-state index contributed by atoms with van der Waals surface area (Å²) >= 11 is 0. The highest BCUT2D eigenvalue weighted by Crippen LogP contribution is 2.36. The minimum atomic E-state index is -0.696. The first kappa shape index (κ1) is 18.7. The first-order valence-electron chi connectivity index (χ1n) is 9.85.